The van der Waals surface area contributed by atoms with Crippen LogP contribution in [0.1, 0.15) is 12.8 Å². The number of carbonyl (C=O) groups is 2. The van der Waals surface area contributed by atoms with Crippen LogP contribution in [-0.2, 0) is 9.59 Å². The Hall–Kier alpha value is -3.23. The molecular weight excluding hydrogens is 460 g/mol. The first kappa shape index (κ1) is 21.6. The first-order valence-electron chi connectivity index (χ1n) is 10.6. The molecule has 5 rings (SSSR count). The second-order valence-electron chi connectivity index (χ2n) is 7.72. The van der Waals surface area contributed by atoms with E-state index >= 15 is 0 Å². The van der Waals surface area contributed by atoms with Gasteiger partial charge in [-0.1, -0.05) is 35.5 Å². The molecule has 1 N–H and O–H groups in total. The fraction of sp³-hybridized carbons (Fsp3) is 0.208. The van der Waals surface area contributed by atoms with Gasteiger partial charge in [0.25, 0.3) is 5.22 Å². The molecule has 1 atom stereocenters. The van der Waals surface area contributed by atoms with Gasteiger partial charge in [-0.3, -0.25) is 9.59 Å². The molecule has 9 heteroatoms. The maximum absolute atomic E-state index is 13.1. The molecule has 2 aromatic heterocycles. The summed E-state index contributed by atoms with van der Waals surface area (Å²) in [5.74, 6) is -0.150. The number of amides is 2. The molecule has 7 nitrogen and oxygen atoms in total. The number of aromatic nitrogens is 2. The standard InChI is InChI=1S/C24H21ClN4O3S/c25-16-9-10-21-18(14-16)27-24(32-21)33-15-22(30)29-13-5-8-20(29)23(31)26-17-6-1-2-7-19(17)28-11-3-4-12-28/h1-4,6-7,9-12,14,20H,5,8,13,15H2,(H,26,31). The maximum Gasteiger partial charge on any atom is 0.257 e. The highest BCUT2D eigenvalue weighted by molar-refractivity contribution is 7.99. The summed E-state index contributed by atoms with van der Waals surface area (Å²) in [4.78, 5) is 32.1. The topological polar surface area (TPSA) is 80.4 Å². The largest absolute Gasteiger partial charge is 0.431 e. The number of hydrogen-bond acceptors (Lipinski definition) is 5. The zero-order valence-electron chi connectivity index (χ0n) is 17.6. The molecule has 2 amide bonds. The van der Waals surface area contributed by atoms with Crippen LogP contribution in [-0.4, -0.2) is 44.6 Å². The van der Waals surface area contributed by atoms with Crippen molar-refractivity contribution in [1.29, 1.82) is 0 Å². The van der Waals surface area contributed by atoms with E-state index in [1.54, 1.807) is 23.1 Å². The Morgan fingerprint density at radius 1 is 1.15 bits per heavy atom. The first-order valence-corrected chi connectivity index (χ1v) is 12.0. The van der Waals surface area contributed by atoms with Crippen molar-refractivity contribution in [2.75, 3.05) is 17.6 Å². The lowest BCUT2D eigenvalue weighted by molar-refractivity contribution is -0.134. The molecule has 1 aliphatic heterocycles. The van der Waals surface area contributed by atoms with Crippen LogP contribution in [0, 0.1) is 0 Å². The molecule has 1 unspecified atom stereocenters. The van der Waals surface area contributed by atoms with Gasteiger partial charge in [0.05, 0.1) is 17.1 Å². The zero-order valence-corrected chi connectivity index (χ0v) is 19.2. The first-order chi connectivity index (χ1) is 16.1. The quantitative estimate of drug-likeness (QED) is 0.393. The van der Waals surface area contributed by atoms with Crippen molar-refractivity contribution in [3.63, 3.8) is 0 Å². The second kappa shape index (κ2) is 9.33. The van der Waals surface area contributed by atoms with Gasteiger partial charge in [-0.2, -0.15) is 0 Å². The summed E-state index contributed by atoms with van der Waals surface area (Å²) < 4.78 is 7.62. The highest BCUT2D eigenvalue weighted by Crippen LogP contribution is 2.28. The van der Waals surface area contributed by atoms with E-state index in [0.29, 0.717) is 40.0 Å². The van der Waals surface area contributed by atoms with Gasteiger partial charge in [0, 0.05) is 24.0 Å². The van der Waals surface area contributed by atoms with Gasteiger partial charge in [-0.25, -0.2) is 4.98 Å². The number of carbonyl (C=O) groups excluding carboxylic acids is 2. The van der Waals surface area contributed by atoms with Crippen LogP contribution in [0.15, 0.2) is 76.6 Å². The molecule has 0 radical (unpaired) electrons. The van der Waals surface area contributed by atoms with Crippen LogP contribution >= 0.6 is 23.4 Å². The molecule has 33 heavy (non-hydrogen) atoms. The predicted octanol–water partition coefficient (Wildman–Crippen LogP) is 4.99. The Balaban J connectivity index is 1.25. The third-order valence-electron chi connectivity index (χ3n) is 5.57. The normalized spacial score (nSPS) is 15.8. The lowest BCUT2D eigenvalue weighted by atomic mass is 10.2. The van der Waals surface area contributed by atoms with E-state index < -0.39 is 6.04 Å². The molecule has 0 aliphatic carbocycles. The van der Waals surface area contributed by atoms with Gasteiger partial charge in [0.1, 0.15) is 11.6 Å². The number of halogens is 1. The van der Waals surface area contributed by atoms with E-state index in [1.165, 1.54) is 11.8 Å². The van der Waals surface area contributed by atoms with Crippen LogP contribution in [0.4, 0.5) is 5.69 Å². The molecule has 168 valence electrons. The number of thioether (sulfide) groups is 1. The molecular formula is C24H21ClN4O3S. The van der Waals surface area contributed by atoms with Crippen molar-refractivity contribution >= 4 is 52.0 Å². The molecule has 0 spiro atoms. The minimum atomic E-state index is -0.502. The van der Waals surface area contributed by atoms with E-state index in [-0.39, 0.29) is 17.6 Å². The average molecular weight is 481 g/mol. The number of hydrogen-bond donors (Lipinski definition) is 1. The van der Waals surface area contributed by atoms with E-state index in [2.05, 4.69) is 10.3 Å². The Labute approximate surface area is 199 Å². The van der Waals surface area contributed by atoms with Gasteiger partial charge in [-0.05, 0) is 55.3 Å². The lowest BCUT2D eigenvalue weighted by Gasteiger charge is -2.24. The SMILES string of the molecule is O=C(Nc1ccccc1-n1cccc1)C1CCCN1C(=O)CSc1nc2cc(Cl)ccc2o1. The minimum Gasteiger partial charge on any atom is -0.431 e. The molecule has 3 heterocycles. The molecule has 1 aliphatic rings. The Morgan fingerprint density at radius 2 is 1.97 bits per heavy atom. The summed E-state index contributed by atoms with van der Waals surface area (Å²) in [6.45, 7) is 0.555. The van der Waals surface area contributed by atoms with Crippen molar-refractivity contribution in [3.8, 4) is 5.69 Å². The number of benzene rings is 2. The van der Waals surface area contributed by atoms with Crippen molar-refractivity contribution in [2.24, 2.45) is 0 Å². The van der Waals surface area contributed by atoms with Crippen LogP contribution in [0.5, 0.6) is 0 Å². The molecule has 2 aromatic carbocycles. The van der Waals surface area contributed by atoms with Gasteiger partial charge >= 0.3 is 0 Å². The number of likely N-dealkylation sites (tertiary alicyclic amines) is 1. The predicted molar refractivity (Wildman–Crippen MR) is 129 cm³/mol. The summed E-state index contributed by atoms with van der Waals surface area (Å²) in [5, 5.41) is 4.00. The third-order valence-corrected chi connectivity index (χ3v) is 6.62. The molecule has 1 saturated heterocycles. The summed E-state index contributed by atoms with van der Waals surface area (Å²) >= 11 is 7.21. The van der Waals surface area contributed by atoms with Crippen molar-refractivity contribution in [3.05, 3.63) is 72.0 Å². The average Bonchev–Trinajstić information content (AvgIpc) is 3.58. The van der Waals surface area contributed by atoms with E-state index in [0.717, 1.165) is 12.1 Å². The zero-order chi connectivity index (χ0) is 22.8. The smallest absolute Gasteiger partial charge is 0.257 e. The summed E-state index contributed by atoms with van der Waals surface area (Å²) in [7, 11) is 0. The van der Waals surface area contributed by atoms with Crippen molar-refractivity contribution in [1.82, 2.24) is 14.5 Å². The summed E-state index contributed by atoms with van der Waals surface area (Å²) in [5.41, 5.74) is 2.85. The number of nitrogens with zero attached hydrogens (tertiary/aromatic N) is 3. The molecule has 0 bridgehead atoms. The fourth-order valence-electron chi connectivity index (χ4n) is 4.00. The molecule has 1 fully saturated rings. The summed E-state index contributed by atoms with van der Waals surface area (Å²) in [6.07, 6.45) is 5.27. The van der Waals surface area contributed by atoms with Gasteiger partial charge in [0.15, 0.2) is 5.58 Å². The van der Waals surface area contributed by atoms with Gasteiger partial charge < -0.3 is 19.2 Å². The van der Waals surface area contributed by atoms with Crippen LogP contribution < -0.4 is 5.32 Å². The highest BCUT2D eigenvalue weighted by Gasteiger charge is 2.34. The highest BCUT2D eigenvalue weighted by atomic mass is 35.5. The lowest BCUT2D eigenvalue weighted by Crippen LogP contribution is -2.44. The Kier molecular flexibility index (Phi) is 6.11. The molecule has 0 saturated carbocycles. The van der Waals surface area contributed by atoms with Crippen LogP contribution in [0.3, 0.4) is 0 Å². The third kappa shape index (κ3) is 4.62. The number of fused-ring (bicyclic) bond motifs is 1. The molecule has 4 aromatic rings. The second-order valence-corrected chi connectivity index (χ2v) is 9.09. The van der Waals surface area contributed by atoms with E-state index in [1.807, 2.05) is 53.4 Å². The number of para-hydroxylation sites is 2. The fourth-order valence-corrected chi connectivity index (χ4v) is 4.89. The van der Waals surface area contributed by atoms with Gasteiger partial charge in [0.2, 0.25) is 11.8 Å². The van der Waals surface area contributed by atoms with E-state index in [4.69, 9.17) is 16.0 Å². The van der Waals surface area contributed by atoms with Crippen molar-refractivity contribution in [2.45, 2.75) is 24.1 Å². The number of nitrogens with one attached hydrogen (secondary N) is 1. The number of oxazole rings is 1. The maximum atomic E-state index is 13.1. The minimum absolute atomic E-state index is 0.114. The Morgan fingerprint density at radius 3 is 2.82 bits per heavy atom. The van der Waals surface area contributed by atoms with E-state index in [9.17, 15) is 9.59 Å². The Bertz CT molecular complexity index is 1300. The summed E-state index contributed by atoms with van der Waals surface area (Å²) in [6, 6.07) is 16.2. The number of anilines is 1. The van der Waals surface area contributed by atoms with Gasteiger partial charge in [-0.15, -0.1) is 0 Å². The van der Waals surface area contributed by atoms with Crippen LogP contribution in [0.25, 0.3) is 16.8 Å². The van der Waals surface area contributed by atoms with Crippen LogP contribution in [0.2, 0.25) is 5.02 Å². The number of rotatable bonds is 6. The van der Waals surface area contributed by atoms with Crippen molar-refractivity contribution < 1.29 is 14.0 Å². The monoisotopic (exact) mass is 480 g/mol.